The van der Waals surface area contributed by atoms with Crippen LogP contribution in [-0.2, 0) is 9.59 Å². The van der Waals surface area contributed by atoms with Crippen molar-refractivity contribution in [2.24, 2.45) is 0 Å². The molecule has 0 saturated carbocycles. The van der Waals surface area contributed by atoms with Gasteiger partial charge in [0.2, 0.25) is 11.8 Å². The van der Waals surface area contributed by atoms with Gasteiger partial charge in [-0.2, -0.15) is 0 Å². The quantitative estimate of drug-likeness (QED) is 0.777. The molecule has 1 atom stereocenters. The van der Waals surface area contributed by atoms with Gasteiger partial charge in [0, 0.05) is 6.42 Å². The largest absolute Gasteiger partial charge is 0.492 e. The maximum Gasteiger partial charge on any atom is 0.247 e. The number of benzene rings is 1. The van der Waals surface area contributed by atoms with Gasteiger partial charge in [0.25, 0.3) is 0 Å². The van der Waals surface area contributed by atoms with E-state index in [-0.39, 0.29) is 23.5 Å². The van der Waals surface area contributed by atoms with Gasteiger partial charge in [-0.25, -0.2) is 4.90 Å². The Morgan fingerprint density at radius 1 is 1.32 bits per heavy atom. The summed E-state index contributed by atoms with van der Waals surface area (Å²) >= 11 is 1.52. The van der Waals surface area contributed by atoms with Crippen molar-refractivity contribution in [3.63, 3.8) is 0 Å². The number of rotatable bonds is 5. The van der Waals surface area contributed by atoms with E-state index in [2.05, 4.69) is 0 Å². The van der Waals surface area contributed by atoms with E-state index in [0.717, 1.165) is 5.75 Å². The molecule has 2 amide bonds. The zero-order valence-electron chi connectivity index (χ0n) is 11.1. The van der Waals surface area contributed by atoms with E-state index < -0.39 is 0 Å². The molecule has 0 N–H and O–H groups in total. The zero-order valence-corrected chi connectivity index (χ0v) is 11.9. The van der Waals surface area contributed by atoms with Gasteiger partial charge in [-0.3, -0.25) is 9.59 Å². The second-order valence-corrected chi connectivity index (χ2v) is 5.60. The number of para-hydroxylation sites is 2. The highest BCUT2D eigenvalue weighted by molar-refractivity contribution is 8.00. The van der Waals surface area contributed by atoms with Crippen molar-refractivity contribution >= 4 is 29.3 Å². The summed E-state index contributed by atoms with van der Waals surface area (Å²) in [5, 5.41) is -0.257. The lowest BCUT2D eigenvalue weighted by molar-refractivity contribution is -0.121. The van der Waals surface area contributed by atoms with Crippen LogP contribution in [-0.4, -0.2) is 29.4 Å². The second-order valence-electron chi connectivity index (χ2n) is 4.12. The first-order valence-corrected chi connectivity index (χ1v) is 7.44. The Hall–Kier alpha value is -1.49. The molecule has 1 heterocycles. The molecule has 2 rings (SSSR count). The summed E-state index contributed by atoms with van der Waals surface area (Å²) in [7, 11) is 0. The Labute approximate surface area is 117 Å². The van der Waals surface area contributed by atoms with Crippen LogP contribution in [0.1, 0.15) is 20.3 Å². The lowest BCUT2D eigenvalue weighted by Crippen LogP contribution is -2.31. The van der Waals surface area contributed by atoms with Gasteiger partial charge in [-0.05, 0) is 24.8 Å². The molecule has 0 radical (unpaired) electrons. The number of hydrogen-bond donors (Lipinski definition) is 0. The summed E-state index contributed by atoms with van der Waals surface area (Å²) in [5.74, 6) is 1.12. The van der Waals surface area contributed by atoms with Crippen LogP contribution in [0, 0.1) is 0 Å². The zero-order chi connectivity index (χ0) is 13.8. The standard InChI is InChI=1S/C14H17NO3S/c1-3-18-11-8-6-5-7-10(11)15-13(16)9-12(14(15)17)19-4-2/h5-8,12H,3-4,9H2,1-2H3. The minimum absolute atomic E-state index is 0.135. The molecular formula is C14H17NO3S. The number of anilines is 1. The molecule has 1 saturated heterocycles. The summed E-state index contributed by atoms with van der Waals surface area (Å²) < 4.78 is 5.49. The van der Waals surface area contributed by atoms with E-state index in [1.165, 1.54) is 16.7 Å². The van der Waals surface area contributed by atoms with Gasteiger partial charge in [0.05, 0.1) is 17.5 Å². The fourth-order valence-electron chi connectivity index (χ4n) is 2.11. The first-order chi connectivity index (χ1) is 9.19. The third kappa shape index (κ3) is 2.76. The van der Waals surface area contributed by atoms with Gasteiger partial charge in [-0.15, -0.1) is 11.8 Å². The van der Waals surface area contributed by atoms with E-state index in [1.807, 2.05) is 19.9 Å². The first kappa shape index (κ1) is 13.9. The van der Waals surface area contributed by atoms with Crippen LogP contribution in [0.25, 0.3) is 0 Å². The van der Waals surface area contributed by atoms with Gasteiger partial charge in [0.15, 0.2) is 0 Å². The maximum atomic E-state index is 12.3. The average molecular weight is 279 g/mol. The Kier molecular flexibility index (Phi) is 4.47. The summed E-state index contributed by atoms with van der Waals surface area (Å²) in [5.41, 5.74) is 0.554. The van der Waals surface area contributed by atoms with Crippen molar-refractivity contribution in [1.82, 2.24) is 0 Å². The van der Waals surface area contributed by atoms with Crippen molar-refractivity contribution < 1.29 is 14.3 Å². The Morgan fingerprint density at radius 3 is 2.74 bits per heavy atom. The number of amides is 2. The summed E-state index contributed by atoms with van der Waals surface area (Å²) in [4.78, 5) is 25.6. The molecule has 1 unspecified atom stereocenters. The van der Waals surface area contributed by atoms with Crippen molar-refractivity contribution in [2.45, 2.75) is 25.5 Å². The van der Waals surface area contributed by atoms with Gasteiger partial charge in [0.1, 0.15) is 5.75 Å². The number of nitrogens with zero attached hydrogens (tertiary/aromatic N) is 1. The van der Waals surface area contributed by atoms with Crippen molar-refractivity contribution in [3.05, 3.63) is 24.3 Å². The topological polar surface area (TPSA) is 46.6 Å². The average Bonchev–Trinajstić information content (AvgIpc) is 2.67. The highest BCUT2D eigenvalue weighted by Gasteiger charge is 2.40. The van der Waals surface area contributed by atoms with Crippen LogP contribution in [0.15, 0.2) is 24.3 Å². The smallest absolute Gasteiger partial charge is 0.247 e. The van der Waals surface area contributed by atoms with Crippen LogP contribution in [0.5, 0.6) is 5.75 Å². The highest BCUT2D eigenvalue weighted by Crippen LogP contribution is 2.35. The lowest BCUT2D eigenvalue weighted by Gasteiger charge is -2.18. The number of imide groups is 1. The van der Waals surface area contributed by atoms with Crippen LogP contribution in [0.3, 0.4) is 0 Å². The van der Waals surface area contributed by atoms with Crippen molar-refractivity contribution in [2.75, 3.05) is 17.3 Å². The summed E-state index contributed by atoms with van der Waals surface area (Å²) in [6.45, 7) is 4.36. The lowest BCUT2D eigenvalue weighted by atomic mass is 10.2. The molecule has 1 aliphatic heterocycles. The molecule has 0 bridgehead atoms. The molecule has 102 valence electrons. The monoisotopic (exact) mass is 279 g/mol. The predicted molar refractivity (Wildman–Crippen MR) is 76.6 cm³/mol. The fourth-order valence-corrected chi connectivity index (χ4v) is 3.02. The van der Waals surface area contributed by atoms with E-state index in [1.54, 1.807) is 18.2 Å². The molecule has 1 aromatic carbocycles. The van der Waals surface area contributed by atoms with E-state index in [0.29, 0.717) is 18.0 Å². The van der Waals surface area contributed by atoms with Gasteiger partial charge < -0.3 is 4.74 Å². The van der Waals surface area contributed by atoms with Crippen LogP contribution < -0.4 is 9.64 Å². The minimum Gasteiger partial charge on any atom is -0.492 e. The normalized spacial score (nSPS) is 19.1. The molecule has 0 aliphatic carbocycles. The molecule has 1 fully saturated rings. The van der Waals surface area contributed by atoms with Crippen molar-refractivity contribution in [3.8, 4) is 5.75 Å². The highest BCUT2D eigenvalue weighted by atomic mass is 32.2. The van der Waals surface area contributed by atoms with Gasteiger partial charge >= 0.3 is 0 Å². The Bertz CT molecular complexity index is 489. The predicted octanol–water partition coefficient (Wildman–Crippen LogP) is 2.47. The first-order valence-electron chi connectivity index (χ1n) is 6.39. The number of carbonyl (C=O) groups excluding carboxylic acids is 2. The molecule has 19 heavy (non-hydrogen) atoms. The number of carbonyl (C=O) groups is 2. The number of hydrogen-bond acceptors (Lipinski definition) is 4. The Balaban J connectivity index is 2.31. The minimum atomic E-state index is -0.257. The van der Waals surface area contributed by atoms with E-state index >= 15 is 0 Å². The van der Waals surface area contributed by atoms with Crippen LogP contribution in [0.2, 0.25) is 0 Å². The number of ether oxygens (including phenoxy) is 1. The molecule has 1 aliphatic rings. The van der Waals surface area contributed by atoms with Gasteiger partial charge in [-0.1, -0.05) is 19.1 Å². The molecule has 5 heteroatoms. The van der Waals surface area contributed by atoms with E-state index in [4.69, 9.17) is 4.74 Å². The Morgan fingerprint density at radius 2 is 2.05 bits per heavy atom. The van der Waals surface area contributed by atoms with E-state index in [9.17, 15) is 9.59 Å². The molecule has 0 aromatic heterocycles. The SMILES string of the molecule is CCOc1ccccc1N1C(=O)CC(SCC)C1=O. The molecular weight excluding hydrogens is 262 g/mol. The molecule has 4 nitrogen and oxygen atoms in total. The maximum absolute atomic E-state index is 12.3. The fraction of sp³-hybridized carbons (Fsp3) is 0.429. The van der Waals surface area contributed by atoms with Crippen LogP contribution in [0.4, 0.5) is 5.69 Å². The molecule has 1 aromatic rings. The number of thioether (sulfide) groups is 1. The summed E-state index contributed by atoms with van der Waals surface area (Å²) in [6, 6.07) is 7.16. The van der Waals surface area contributed by atoms with Crippen molar-refractivity contribution in [1.29, 1.82) is 0 Å². The third-order valence-electron chi connectivity index (χ3n) is 2.88. The summed E-state index contributed by atoms with van der Waals surface area (Å²) in [6.07, 6.45) is 0.276. The van der Waals surface area contributed by atoms with Crippen LogP contribution >= 0.6 is 11.8 Å². The third-order valence-corrected chi connectivity index (χ3v) is 3.98. The molecule has 0 spiro atoms. The second kappa shape index (κ2) is 6.10.